The molecule has 0 bridgehead atoms. The maximum Gasteiger partial charge on any atom is 0.307 e. The number of ether oxygens (including phenoxy) is 1. The molecular formula is C13H22N2O4. The summed E-state index contributed by atoms with van der Waals surface area (Å²) in [4.78, 5) is 22.9. The first-order valence-electron chi connectivity index (χ1n) is 6.95. The van der Waals surface area contributed by atoms with Gasteiger partial charge in [0.1, 0.15) is 0 Å². The molecule has 0 radical (unpaired) electrons. The molecule has 2 atom stereocenters. The van der Waals surface area contributed by atoms with Crippen molar-refractivity contribution in [2.24, 2.45) is 11.8 Å². The second kappa shape index (κ2) is 6.86. The third-order valence-corrected chi connectivity index (χ3v) is 3.88. The van der Waals surface area contributed by atoms with E-state index >= 15 is 0 Å². The molecule has 6 heteroatoms. The van der Waals surface area contributed by atoms with E-state index in [0.717, 1.165) is 26.1 Å². The molecule has 2 fully saturated rings. The second-order valence-electron chi connectivity index (χ2n) is 5.45. The zero-order valence-corrected chi connectivity index (χ0v) is 11.1. The van der Waals surface area contributed by atoms with E-state index in [4.69, 9.17) is 9.84 Å². The van der Waals surface area contributed by atoms with Crippen LogP contribution in [0.3, 0.4) is 0 Å². The molecule has 0 aromatic rings. The van der Waals surface area contributed by atoms with Crippen molar-refractivity contribution in [3.63, 3.8) is 0 Å². The number of hydrogen-bond donors (Lipinski definition) is 3. The molecule has 2 rings (SSSR count). The van der Waals surface area contributed by atoms with Crippen LogP contribution in [0, 0.1) is 11.8 Å². The summed E-state index contributed by atoms with van der Waals surface area (Å²) < 4.78 is 5.26. The highest BCUT2D eigenvalue weighted by Crippen LogP contribution is 2.18. The third kappa shape index (κ3) is 4.47. The van der Waals surface area contributed by atoms with Gasteiger partial charge in [0.2, 0.25) is 5.91 Å². The maximum atomic E-state index is 11.9. The van der Waals surface area contributed by atoms with E-state index in [1.54, 1.807) is 0 Å². The zero-order valence-electron chi connectivity index (χ0n) is 11.1. The number of carbonyl (C=O) groups is 2. The topological polar surface area (TPSA) is 87.7 Å². The molecule has 0 aromatic heterocycles. The smallest absolute Gasteiger partial charge is 0.307 e. The Morgan fingerprint density at radius 1 is 1.26 bits per heavy atom. The Kier molecular flexibility index (Phi) is 5.15. The molecule has 2 heterocycles. The van der Waals surface area contributed by atoms with Gasteiger partial charge in [0.05, 0.1) is 5.92 Å². The van der Waals surface area contributed by atoms with Crippen LogP contribution < -0.4 is 10.6 Å². The van der Waals surface area contributed by atoms with Gasteiger partial charge in [-0.15, -0.1) is 0 Å². The standard InChI is InChI=1S/C13H22N2O4/c16-12(5-9-1-3-19-4-2-9)15-11-6-10(13(17)18)7-14-8-11/h9-11,14H,1-8H2,(H,15,16)(H,17,18)/t10-,11+/m1/s1. The fraction of sp³-hybridized carbons (Fsp3) is 0.846. The Hall–Kier alpha value is -1.14. The number of piperidine rings is 1. The number of carboxylic acid groups (broad SMARTS) is 1. The number of carboxylic acids is 1. The van der Waals surface area contributed by atoms with Crippen molar-refractivity contribution in [1.82, 2.24) is 10.6 Å². The van der Waals surface area contributed by atoms with Crippen molar-refractivity contribution in [3.05, 3.63) is 0 Å². The molecular weight excluding hydrogens is 248 g/mol. The predicted octanol–water partition coefficient (Wildman–Crippen LogP) is -0.0180. The van der Waals surface area contributed by atoms with E-state index in [2.05, 4.69) is 10.6 Å². The lowest BCUT2D eigenvalue weighted by Gasteiger charge is -2.29. The summed E-state index contributed by atoms with van der Waals surface area (Å²) in [5.41, 5.74) is 0. The van der Waals surface area contributed by atoms with Crippen LogP contribution in [0.1, 0.15) is 25.7 Å². The highest BCUT2D eigenvalue weighted by Gasteiger charge is 2.28. The van der Waals surface area contributed by atoms with Crippen LogP contribution in [0.25, 0.3) is 0 Å². The number of hydrogen-bond acceptors (Lipinski definition) is 4. The molecule has 108 valence electrons. The number of aliphatic carboxylic acids is 1. The molecule has 0 aliphatic carbocycles. The van der Waals surface area contributed by atoms with E-state index in [1.807, 2.05) is 0 Å². The Balaban J connectivity index is 1.73. The summed E-state index contributed by atoms with van der Waals surface area (Å²) in [6.45, 7) is 2.62. The first-order valence-corrected chi connectivity index (χ1v) is 6.95. The molecule has 0 saturated carbocycles. The van der Waals surface area contributed by atoms with Gasteiger partial charge in [0.25, 0.3) is 0 Å². The van der Waals surface area contributed by atoms with Gasteiger partial charge in [-0.3, -0.25) is 9.59 Å². The summed E-state index contributed by atoms with van der Waals surface area (Å²) >= 11 is 0. The van der Waals surface area contributed by atoms with E-state index in [-0.39, 0.29) is 11.9 Å². The van der Waals surface area contributed by atoms with Crippen molar-refractivity contribution < 1.29 is 19.4 Å². The van der Waals surface area contributed by atoms with Crippen LogP contribution in [0.2, 0.25) is 0 Å². The number of nitrogens with one attached hydrogen (secondary N) is 2. The number of carbonyl (C=O) groups excluding carboxylic acids is 1. The van der Waals surface area contributed by atoms with Gasteiger partial charge in [-0.2, -0.15) is 0 Å². The van der Waals surface area contributed by atoms with Gasteiger partial charge in [-0.1, -0.05) is 0 Å². The molecule has 6 nitrogen and oxygen atoms in total. The van der Waals surface area contributed by atoms with Crippen molar-refractivity contribution in [2.45, 2.75) is 31.7 Å². The van der Waals surface area contributed by atoms with Crippen LogP contribution in [0.4, 0.5) is 0 Å². The van der Waals surface area contributed by atoms with Crippen LogP contribution in [0.5, 0.6) is 0 Å². The fourth-order valence-electron chi connectivity index (χ4n) is 2.74. The lowest BCUT2D eigenvalue weighted by molar-refractivity contribution is -0.143. The average Bonchev–Trinajstić information content (AvgIpc) is 2.40. The quantitative estimate of drug-likeness (QED) is 0.668. The van der Waals surface area contributed by atoms with Crippen LogP contribution in [0.15, 0.2) is 0 Å². The minimum atomic E-state index is -0.795. The van der Waals surface area contributed by atoms with Crippen molar-refractivity contribution in [3.8, 4) is 0 Å². The lowest BCUT2D eigenvalue weighted by Crippen LogP contribution is -2.50. The zero-order chi connectivity index (χ0) is 13.7. The molecule has 0 unspecified atom stereocenters. The molecule has 2 aliphatic rings. The summed E-state index contributed by atoms with van der Waals surface area (Å²) in [6, 6.07) is -0.0674. The van der Waals surface area contributed by atoms with Gasteiger partial charge in [0.15, 0.2) is 0 Å². The maximum absolute atomic E-state index is 11.9. The molecule has 2 aliphatic heterocycles. The molecule has 3 N–H and O–H groups in total. The van der Waals surface area contributed by atoms with E-state index in [9.17, 15) is 9.59 Å². The molecule has 2 saturated heterocycles. The van der Waals surface area contributed by atoms with Gasteiger partial charge >= 0.3 is 5.97 Å². The monoisotopic (exact) mass is 270 g/mol. The lowest BCUT2D eigenvalue weighted by atomic mass is 9.94. The van der Waals surface area contributed by atoms with E-state index < -0.39 is 11.9 Å². The highest BCUT2D eigenvalue weighted by atomic mass is 16.5. The Bertz CT molecular complexity index is 329. The van der Waals surface area contributed by atoms with Crippen LogP contribution >= 0.6 is 0 Å². The molecule has 1 amide bonds. The van der Waals surface area contributed by atoms with Crippen molar-refractivity contribution in [2.75, 3.05) is 26.3 Å². The van der Waals surface area contributed by atoms with E-state index in [0.29, 0.717) is 31.8 Å². The highest BCUT2D eigenvalue weighted by molar-refractivity contribution is 5.77. The Labute approximate surface area is 112 Å². The first-order chi connectivity index (χ1) is 9.15. The summed E-state index contributed by atoms with van der Waals surface area (Å²) in [6.07, 6.45) is 2.92. The normalized spacial score (nSPS) is 28.8. The molecule has 19 heavy (non-hydrogen) atoms. The second-order valence-corrected chi connectivity index (χ2v) is 5.45. The largest absolute Gasteiger partial charge is 0.481 e. The molecule has 0 aromatic carbocycles. The fourth-order valence-corrected chi connectivity index (χ4v) is 2.74. The van der Waals surface area contributed by atoms with Crippen LogP contribution in [-0.4, -0.2) is 49.3 Å². The van der Waals surface area contributed by atoms with Gasteiger partial charge in [-0.25, -0.2) is 0 Å². The van der Waals surface area contributed by atoms with Gasteiger partial charge in [0, 0.05) is 38.8 Å². The summed E-state index contributed by atoms with van der Waals surface area (Å²) in [7, 11) is 0. The number of rotatable bonds is 4. The minimum absolute atomic E-state index is 0.0322. The Morgan fingerprint density at radius 3 is 2.68 bits per heavy atom. The van der Waals surface area contributed by atoms with Gasteiger partial charge in [-0.05, 0) is 25.2 Å². The van der Waals surface area contributed by atoms with Crippen molar-refractivity contribution >= 4 is 11.9 Å². The SMILES string of the molecule is O=C(CC1CCOCC1)N[C@@H]1CNC[C@H](C(=O)O)C1. The predicted molar refractivity (Wildman–Crippen MR) is 68.7 cm³/mol. The summed E-state index contributed by atoms with van der Waals surface area (Å²) in [5.74, 6) is -0.761. The average molecular weight is 270 g/mol. The van der Waals surface area contributed by atoms with Crippen molar-refractivity contribution in [1.29, 1.82) is 0 Å². The number of amides is 1. The molecule has 0 spiro atoms. The first kappa shape index (κ1) is 14.3. The summed E-state index contributed by atoms with van der Waals surface area (Å²) in [5, 5.41) is 15.0. The van der Waals surface area contributed by atoms with Gasteiger partial charge < -0.3 is 20.5 Å². The third-order valence-electron chi connectivity index (χ3n) is 3.88. The minimum Gasteiger partial charge on any atom is -0.481 e. The Morgan fingerprint density at radius 2 is 2.00 bits per heavy atom. The van der Waals surface area contributed by atoms with Crippen LogP contribution in [-0.2, 0) is 14.3 Å². The van der Waals surface area contributed by atoms with E-state index in [1.165, 1.54) is 0 Å².